The third-order valence-corrected chi connectivity index (χ3v) is 4.37. The van der Waals surface area contributed by atoms with Crippen LogP contribution in [0.25, 0.3) is 11.4 Å². The summed E-state index contributed by atoms with van der Waals surface area (Å²) in [5.41, 5.74) is 0.936. The van der Waals surface area contributed by atoms with Gasteiger partial charge in [0.05, 0.1) is 17.8 Å². The second-order valence-corrected chi connectivity index (χ2v) is 5.92. The van der Waals surface area contributed by atoms with E-state index >= 15 is 0 Å². The van der Waals surface area contributed by atoms with Gasteiger partial charge in [0.1, 0.15) is 5.82 Å². The Morgan fingerprint density at radius 1 is 1.24 bits per heavy atom. The highest BCUT2D eigenvalue weighted by molar-refractivity contribution is 5.94. The van der Waals surface area contributed by atoms with Crippen LogP contribution in [0, 0.1) is 5.82 Å². The number of aromatic nitrogens is 4. The maximum atomic E-state index is 13.9. The van der Waals surface area contributed by atoms with Crippen LogP contribution in [0.4, 0.5) is 4.39 Å². The van der Waals surface area contributed by atoms with Crippen LogP contribution in [0.3, 0.4) is 0 Å². The first-order chi connectivity index (χ1) is 12.2. The van der Waals surface area contributed by atoms with Gasteiger partial charge in [-0.1, -0.05) is 30.3 Å². The summed E-state index contributed by atoms with van der Waals surface area (Å²) in [4.78, 5) is 22.6. The highest BCUT2D eigenvalue weighted by Gasteiger charge is 2.34. The zero-order valence-corrected chi connectivity index (χ0v) is 13.4. The molecule has 126 valence electrons. The number of carbonyl (C=O) groups is 1. The monoisotopic (exact) mass is 337 g/mol. The third-order valence-electron chi connectivity index (χ3n) is 4.37. The Balaban J connectivity index is 1.61. The fourth-order valence-electron chi connectivity index (χ4n) is 3.14. The Labute approximate surface area is 143 Å². The lowest BCUT2D eigenvalue weighted by Gasteiger charge is -2.23. The van der Waals surface area contributed by atoms with Crippen LogP contribution in [-0.2, 0) is 0 Å². The minimum absolute atomic E-state index is 0.0321. The van der Waals surface area contributed by atoms with Crippen molar-refractivity contribution in [2.24, 2.45) is 0 Å². The smallest absolute Gasteiger partial charge is 0.257 e. The largest absolute Gasteiger partial charge is 0.328 e. The van der Waals surface area contributed by atoms with Crippen molar-refractivity contribution in [3.05, 3.63) is 66.0 Å². The first kappa shape index (κ1) is 15.4. The molecule has 0 aliphatic carbocycles. The molecule has 7 heteroatoms. The third kappa shape index (κ3) is 2.88. The Morgan fingerprint density at radius 3 is 2.88 bits per heavy atom. The molecule has 4 rings (SSSR count). The Morgan fingerprint density at radius 2 is 2.08 bits per heavy atom. The molecule has 1 aromatic carbocycles. The summed E-state index contributed by atoms with van der Waals surface area (Å²) in [6.07, 6.45) is 4.08. The van der Waals surface area contributed by atoms with E-state index in [9.17, 15) is 9.18 Å². The fourth-order valence-corrected chi connectivity index (χ4v) is 3.14. The van der Waals surface area contributed by atoms with Crippen molar-refractivity contribution in [1.82, 2.24) is 25.1 Å². The molecule has 1 aliphatic rings. The highest BCUT2D eigenvalue weighted by atomic mass is 19.1. The molecule has 0 spiro atoms. The van der Waals surface area contributed by atoms with Crippen molar-refractivity contribution in [2.75, 3.05) is 6.54 Å². The van der Waals surface area contributed by atoms with Gasteiger partial charge in [-0.05, 0) is 18.9 Å². The minimum atomic E-state index is -0.610. The first-order valence-electron chi connectivity index (χ1n) is 8.12. The summed E-state index contributed by atoms with van der Waals surface area (Å²) in [5, 5.41) is 7.19. The molecule has 1 amide bonds. The van der Waals surface area contributed by atoms with E-state index in [0.29, 0.717) is 18.2 Å². The van der Waals surface area contributed by atoms with Gasteiger partial charge in [-0.3, -0.25) is 14.9 Å². The number of rotatable bonds is 3. The average Bonchev–Trinajstić information content (AvgIpc) is 3.31. The van der Waals surface area contributed by atoms with Crippen LogP contribution in [0.15, 0.2) is 48.8 Å². The van der Waals surface area contributed by atoms with Gasteiger partial charge in [0.25, 0.3) is 5.91 Å². The van der Waals surface area contributed by atoms with Gasteiger partial charge in [0.15, 0.2) is 11.6 Å². The summed E-state index contributed by atoms with van der Waals surface area (Å²) in [6.45, 7) is 0.562. The van der Waals surface area contributed by atoms with E-state index in [0.717, 1.165) is 24.6 Å². The molecule has 1 atom stereocenters. The second kappa shape index (κ2) is 6.43. The molecule has 0 bridgehead atoms. The van der Waals surface area contributed by atoms with E-state index in [1.807, 2.05) is 30.3 Å². The summed E-state index contributed by atoms with van der Waals surface area (Å²) >= 11 is 0. The van der Waals surface area contributed by atoms with Gasteiger partial charge in [-0.25, -0.2) is 9.37 Å². The van der Waals surface area contributed by atoms with Crippen LogP contribution in [0.2, 0.25) is 0 Å². The van der Waals surface area contributed by atoms with Crippen LogP contribution in [0.5, 0.6) is 0 Å². The van der Waals surface area contributed by atoms with Crippen molar-refractivity contribution in [1.29, 1.82) is 0 Å². The molecule has 2 aromatic heterocycles. The van der Waals surface area contributed by atoms with Crippen molar-refractivity contribution >= 4 is 5.91 Å². The van der Waals surface area contributed by atoms with Gasteiger partial charge in [-0.15, -0.1) is 0 Å². The van der Waals surface area contributed by atoms with E-state index in [1.165, 1.54) is 12.3 Å². The molecule has 3 aromatic rings. The molecule has 3 heterocycles. The topological polar surface area (TPSA) is 74.8 Å². The summed E-state index contributed by atoms with van der Waals surface area (Å²) in [5.74, 6) is 0.255. The van der Waals surface area contributed by atoms with Gasteiger partial charge >= 0.3 is 0 Å². The second-order valence-electron chi connectivity index (χ2n) is 5.92. The zero-order chi connectivity index (χ0) is 17.2. The Hall–Kier alpha value is -3.09. The van der Waals surface area contributed by atoms with Crippen LogP contribution >= 0.6 is 0 Å². The molecule has 0 radical (unpaired) electrons. The first-order valence-corrected chi connectivity index (χ1v) is 8.12. The lowest BCUT2D eigenvalue weighted by molar-refractivity contribution is 0.0725. The highest BCUT2D eigenvalue weighted by Crippen LogP contribution is 2.32. The summed E-state index contributed by atoms with van der Waals surface area (Å²) in [7, 11) is 0. The predicted octanol–water partition coefficient (Wildman–Crippen LogP) is 2.98. The van der Waals surface area contributed by atoms with Gasteiger partial charge < -0.3 is 4.90 Å². The van der Waals surface area contributed by atoms with Crippen LogP contribution in [-0.4, -0.2) is 37.5 Å². The van der Waals surface area contributed by atoms with Crippen molar-refractivity contribution in [3.63, 3.8) is 0 Å². The Kier molecular flexibility index (Phi) is 3.97. The number of halogens is 1. The SMILES string of the molecule is O=C(c1ccncc1F)N1CCC[C@H]1c1nc(-c2ccccc2)n[nH]1. The number of hydrogen-bond acceptors (Lipinski definition) is 4. The number of pyridine rings is 1. The molecule has 6 nitrogen and oxygen atoms in total. The van der Waals surface area contributed by atoms with E-state index in [2.05, 4.69) is 20.2 Å². The molecular formula is C18H16FN5O. The molecular weight excluding hydrogens is 321 g/mol. The molecule has 1 saturated heterocycles. The molecule has 1 fully saturated rings. The van der Waals surface area contributed by atoms with E-state index < -0.39 is 5.82 Å². The number of nitrogens with zero attached hydrogens (tertiary/aromatic N) is 4. The van der Waals surface area contributed by atoms with E-state index in [4.69, 9.17) is 0 Å². The predicted molar refractivity (Wildman–Crippen MR) is 89.0 cm³/mol. The van der Waals surface area contributed by atoms with Crippen LogP contribution in [0.1, 0.15) is 35.1 Å². The quantitative estimate of drug-likeness (QED) is 0.797. The number of carbonyl (C=O) groups excluding carboxylic acids is 1. The maximum Gasteiger partial charge on any atom is 0.257 e. The number of benzene rings is 1. The number of H-pyrrole nitrogens is 1. The average molecular weight is 337 g/mol. The molecule has 0 saturated carbocycles. The van der Waals surface area contributed by atoms with Crippen molar-refractivity contribution < 1.29 is 9.18 Å². The fraction of sp³-hybridized carbons (Fsp3) is 0.222. The number of likely N-dealkylation sites (tertiary alicyclic amines) is 1. The normalized spacial score (nSPS) is 17.0. The van der Waals surface area contributed by atoms with Gasteiger partial charge in [0.2, 0.25) is 0 Å². The molecule has 25 heavy (non-hydrogen) atoms. The lowest BCUT2D eigenvalue weighted by atomic mass is 10.1. The number of aromatic amines is 1. The van der Waals surface area contributed by atoms with Gasteiger partial charge in [-0.2, -0.15) is 5.10 Å². The Bertz CT molecular complexity index is 895. The lowest BCUT2D eigenvalue weighted by Crippen LogP contribution is -2.31. The number of amides is 1. The summed E-state index contributed by atoms with van der Waals surface area (Å²) < 4.78 is 13.9. The molecule has 0 unspecified atom stereocenters. The molecule has 1 aliphatic heterocycles. The minimum Gasteiger partial charge on any atom is -0.328 e. The summed E-state index contributed by atoms with van der Waals surface area (Å²) in [6, 6.07) is 10.8. The van der Waals surface area contributed by atoms with Gasteiger partial charge in [0, 0.05) is 18.3 Å². The zero-order valence-electron chi connectivity index (χ0n) is 13.4. The van der Waals surface area contributed by atoms with Crippen molar-refractivity contribution in [3.8, 4) is 11.4 Å². The number of nitrogens with one attached hydrogen (secondary N) is 1. The standard InChI is InChI=1S/C18H16FN5O/c19-14-11-20-9-8-13(14)18(25)24-10-4-7-15(24)17-21-16(22-23-17)12-5-2-1-3-6-12/h1-3,5-6,8-9,11,15H,4,7,10H2,(H,21,22,23)/t15-/m0/s1. The van der Waals surface area contributed by atoms with E-state index in [1.54, 1.807) is 4.90 Å². The van der Waals surface area contributed by atoms with Crippen molar-refractivity contribution in [2.45, 2.75) is 18.9 Å². The number of hydrogen-bond donors (Lipinski definition) is 1. The molecule has 1 N–H and O–H groups in total. The van der Waals surface area contributed by atoms with Crippen LogP contribution < -0.4 is 0 Å². The van der Waals surface area contributed by atoms with E-state index in [-0.39, 0.29) is 17.5 Å². The maximum absolute atomic E-state index is 13.9.